The van der Waals surface area contributed by atoms with Crippen molar-refractivity contribution in [3.05, 3.63) is 70.7 Å². The van der Waals surface area contributed by atoms with E-state index in [2.05, 4.69) is 17.4 Å². The van der Waals surface area contributed by atoms with E-state index in [1.807, 2.05) is 38.1 Å². The van der Waals surface area contributed by atoms with Crippen LogP contribution in [0.4, 0.5) is 5.69 Å². The molecule has 3 aromatic rings. The molecule has 0 amide bonds. The fraction of sp³-hybridized carbons (Fsp3) is 0.190. The molecule has 0 aliphatic rings. The molecule has 0 aliphatic carbocycles. The Morgan fingerprint density at radius 1 is 1.15 bits per heavy atom. The Hall–Kier alpha value is -2.72. The lowest BCUT2D eigenvalue weighted by molar-refractivity contribution is 0.0697. The zero-order chi connectivity index (χ0) is 18.7. The Labute approximate surface area is 157 Å². The minimum atomic E-state index is -0.987. The molecular formula is C21H20ClNO3. The molecule has 3 rings (SSSR count). The molecule has 0 saturated heterocycles. The maximum absolute atomic E-state index is 11.2. The number of benzene rings is 3. The largest absolute Gasteiger partial charge is 0.491 e. The van der Waals surface area contributed by atoms with Crippen molar-refractivity contribution >= 4 is 34.0 Å². The zero-order valence-corrected chi connectivity index (χ0v) is 15.4. The van der Waals surface area contributed by atoms with Gasteiger partial charge in [-0.15, -0.1) is 0 Å². The highest BCUT2D eigenvalue weighted by atomic mass is 35.5. The van der Waals surface area contributed by atoms with Crippen LogP contribution >= 0.6 is 11.6 Å². The first-order valence-corrected chi connectivity index (χ1v) is 8.77. The number of halogens is 1. The number of fused-ring (bicyclic) bond motifs is 1. The topological polar surface area (TPSA) is 58.6 Å². The Kier molecular flexibility index (Phi) is 5.33. The standard InChI is InChI=1S/C21H20ClNO3/c1-13(2)26-20-10-8-14-5-3-4-6-16(14)17(20)12-23-19-11-15(21(24)25)7-9-18(19)22/h3-11,13,23H,12H2,1-2H3,(H,24,25). The molecule has 0 atom stereocenters. The maximum Gasteiger partial charge on any atom is 0.335 e. The summed E-state index contributed by atoms with van der Waals surface area (Å²) >= 11 is 6.22. The molecule has 3 aromatic carbocycles. The molecule has 0 radical (unpaired) electrons. The lowest BCUT2D eigenvalue weighted by Gasteiger charge is -2.18. The van der Waals surface area contributed by atoms with Gasteiger partial charge in [-0.25, -0.2) is 4.79 Å². The summed E-state index contributed by atoms with van der Waals surface area (Å²) in [6, 6.07) is 16.7. The second kappa shape index (κ2) is 7.67. The number of carboxylic acids is 1. The molecule has 26 heavy (non-hydrogen) atoms. The number of nitrogens with one attached hydrogen (secondary N) is 1. The van der Waals surface area contributed by atoms with Gasteiger partial charge in [-0.05, 0) is 48.9 Å². The molecule has 0 bridgehead atoms. The van der Waals surface area contributed by atoms with E-state index in [1.54, 1.807) is 12.1 Å². The van der Waals surface area contributed by atoms with E-state index in [9.17, 15) is 9.90 Å². The average Bonchev–Trinajstić information content (AvgIpc) is 2.61. The van der Waals surface area contributed by atoms with Crippen LogP contribution in [0.1, 0.15) is 29.8 Å². The van der Waals surface area contributed by atoms with Crippen molar-refractivity contribution in [3.8, 4) is 5.75 Å². The first kappa shape index (κ1) is 18.1. The fourth-order valence-corrected chi connectivity index (χ4v) is 3.02. The first-order valence-electron chi connectivity index (χ1n) is 8.39. The van der Waals surface area contributed by atoms with E-state index in [1.165, 1.54) is 6.07 Å². The van der Waals surface area contributed by atoms with Gasteiger partial charge < -0.3 is 15.2 Å². The number of aromatic carboxylic acids is 1. The van der Waals surface area contributed by atoms with Crippen molar-refractivity contribution < 1.29 is 14.6 Å². The van der Waals surface area contributed by atoms with Crippen LogP contribution in [0.2, 0.25) is 5.02 Å². The van der Waals surface area contributed by atoms with E-state index in [-0.39, 0.29) is 11.7 Å². The van der Waals surface area contributed by atoms with Gasteiger partial charge >= 0.3 is 5.97 Å². The van der Waals surface area contributed by atoms with Crippen LogP contribution in [0.25, 0.3) is 10.8 Å². The number of rotatable bonds is 6. The molecule has 4 nitrogen and oxygen atoms in total. The van der Waals surface area contributed by atoms with Crippen LogP contribution in [0, 0.1) is 0 Å². The van der Waals surface area contributed by atoms with Gasteiger partial charge in [-0.3, -0.25) is 0 Å². The number of ether oxygens (including phenoxy) is 1. The van der Waals surface area contributed by atoms with Crippen molar-refractivity contribution in [1.82, 2.24) is 0 Å². The molecule has 0 heterocycles. The van der Waals surface area contributed by atoms with E-state index in [0.717, 1.165) is 22.1 Å². The first-order chi connectivity index (χ1) is 12.5. The molecule has 134 valence electrons. The smallest absolute Gasteiger partial charge is 0.335 e. The molecule has 0 aliphatic heterocycles. The Balaban J connectivity index is 1.97. The Bertz CT molecular complexity index is 953. The van der Waals surface area contributed by atoms with Crippen LogP contribution in [0.3, 0.4) is 0 Å². The van der Waals surface area contributed by atoms with Crippen molar-refractivity contribution in [2.75, 3.05) is 5.32 Å². The number of carboxylic acid groups (broad SMARTS) is 1. The summed E-state index contributed by atoms with van der Waals surface area (Å²) in [5.74, 6) is -0.185. The monoisotopic (exact) mass is 369 g/mol. The summed E-state index contributed by atoms with van der Waals surface area (Å²) in [5, 5.41) is 15.1. The Morgan fingerprint density at radius 2 is 1.92 bits per heavy atom. The summed E-state index contributed by atoms with van der Waals surface area (Å²) in [5.41, 5.74) is 1.78. The number of anilines is 1. The van der Waals surface area contributed by atoms with Gasteiger partial charge in [0.05, 0.1) is 22.4 Å². The van der Waals surface area contributed by atoms with Crippen LogP contribution in [0.15, 0.2) is 54.6 Å². The third-order valence-electron chi connectivity index (χ3n) is 4.03. The van der Waals surface area contributed by atoms with Crippen molar-refractivity contribution in [2.24, 2.45) is 0 Å². The highest BCUT2D eigenvalue weighted by molar-refractivity contribution is 6.33. The quantitative estimate of drug-likeness (QED) is 0.594. The van der Waals surface area contributed by atoms with Crippen molar-refractivity contribution in [2.45, 2.75) is 26.5 Å². The van der Waals surface area contributed by atoms with Gasteiger partial charge in [-0.2, -0.15) is 0 Å². The summed E-state index contributed by atoms with van der Waals surface area (Å²) in [4.78, 5) is 11.2. The van der Waals surface area contributed by atoms with Gasteiger partial charge in [0.15, 0.2) is 0 Å². The van der Waals surface area contributed by atoms with Crippen LogP contribution in [-0.2, 0) is 6.54 Å². The third-order valence-corrected chi connectivity index (χ3v) is 4.36. The summed E-state index contributed by atoms with van der Waals surface area (Å²) in [6.45, 7) is 4.44. The predicted octanol–water partition coefficient (Wildman–Crippen LogP) is 5.59. The van der Waals surface area contributed by atoms with Gasteiger partial charge in [0.25, 0.3) is 0 Å². The van der Waals surface area contributed by atoms with Crippen LogP contribution in [-0.4, -0.2) is 17.2 Å². The molecule has 0 saturated carbocycles. The second-order valence-corrected chi connectivity index (χ2v) is 6.69. The number of hydrogen-bond donors (Lipinski definition) is 2. The molecule has 0 unspecified atom stereocenters. The van der Waals surface area contributed by atoms with E-state index in [0.29, 0.717) is 17.3 Å². The molecule has 5 heteroatoms. The second-order valence-electron chi connectivity index (χ2n) is 6.28. The maximum atomic E-state index is 11.2. The fourth-order valence-electron chi connectivity index (χ4n) is 2.84. The normalized spacial score (nSPS) is 10.9. The van der Waals surface area contributed by atoms with E-state index < -0.39 is 5.97 Å². The molecule has 0 fully saturated rings. The minimum Gasteiger partial charge on any atom is -0.491 e. The van der Waals surface area contributed by atoms with Crippen molar-refractivity contribution in [3.63, 3.8) is 0 Å². The average molecular weight is 370 g/mol. The van der Waals surface area contributed by atoms with E-state index >= 15 is 0 Å². The van der Waals surface area contributed by atoms with Gasteiger partial charge in [0, 0.05) is 12.1 Å². The SMILES string of the molecule is CC(C)Oc1ccc2ccccc2c1CNc1cc(C(=O)O)ccc1Cl. The number of hydrogen-bond acceptors (Lipinski definition) is 3. The predicted molar refractivity (Wildman–Crippen MR) is 105 cm³/mol. The minimum absolute atomic E-state index is 0.0499. The van der Waals surface area contributed by atoms with Crippen molar-refractivity contribution in [1.29, 1.82) is 0 Å². The molecule has 2 N–H and O–H groups in total. The van der Waals surface area contributed by atoms with Gasteiger partial charge in [0.2, 0.25) is 0 Å². The summed E-state index contributed by atoms with van der Waals surface area (Å²) < 4.78 is 5.97. The van der Waals surface area contributed by atoms with Gasteiger partial charge in [0.1, 0.15) is 5.75 Å². The third kappa shape index (κ3) is 3.92. The summed E-state index contributed by atoms with van der Waals surface area (Å²) in [7, 11) is 0. The van der Waals surface area contributed by atoms with E-state index in [4.69, 9.17) is 16.3 Å². The lowest BCUT2D eigenvalue weighted by atomic mass is 10.0. The van der Waals surface area contributed by atoms with Crippen LogP contribution < -0.4 is 10.1 Å². The Morgan fingerprint density at radius 3 is 2.65 bits per heavy atom. The zero-order valence-electron chi connectivity index (χ0n) is 14.6. The lowest BCUT2D eigenvalue weighted by Crippen LogP contribution is -2.10. The highest BCUT2D eigenvalue weighted by Gasteiger charge is 2.12. The highest BCUT2D eigenvalue weighted by Crippen LogP contribution is 2.31. The van der Waals surface area contributed by atoms with Crippen LogP contribution in [0.5, 0.6) is 5.75 Å². The van der Waals surface area contributed by atoms with Gasteiger partial charge in [-0.1, -0.05) is 41.9 Å². The molecule has 0 spiro atoms. The summed E-state index contributed by atoms with van der Waals surface area (Å²) in [6.07, 6.45) is 0.0499. The molecular weight excluding hydrogens is 350 g/mol. The number of carbonyl (C=O) groups is 1. The molecule has 0 aromatic heterocycles.